The van der Waals surface area contributed by atoms with Gasteiger partial charge in [0.15, 0.2) is 12.6 Å². The molecule has 2 saturated heterocycles. The van der Waals surface area contributed by atoms with Gasteiger partial charge in [-0.3, -0.25) is 4.79 Å². The predicted molar refractivity (Wildman–Crippen MR) is 383 cm³/mol. The minimum atomic E-state index is -1.79. The average molecular weight is 1320 g/mol. The zero-order valence-electron chi connectivity index (χ0n) is 59.5. The SMILES string of the molecule is CCCCCCC/C=C\C/C=C\CCCCCCCCCCCCCCCCCCCC(=O)NC(COC1OC(CO)C(OC2OC(CO)C(O)C(O)C2O)C(O)C1O)C(O)/C=C/CC/C=C/CC/C=C/CCCCCCCCCCCCCCCCCCCCCC. The van der Waals surface area contributed by atoms with E-state index in [2.05, 4.69) is 67.8 Å². The Morgan fingerprint density at radius 1 is 0.387 bits per heavy atom. The molecule has 2 rings (SSSR count). The standard InChI is InChI=1S/C79H145NO13/c1-3-5-7-9-11-13-15-17-19-21-23-25-27-29-31-33-35-36-38-40-42-44-46-48-50-52-54-56-58-60-62-68(83)67(66-90-78-76(89)74(87)77(70(65-82)92-78)93-79-75(88)73(86)72(85)69(64-81)91-79)80-71(84)63-61-59-57-55-53-51-49-47-45-43-41-39-37-34-32-30-28-26-24-22-20-18-16-14-12-10-8-6-4-2/h16,18,22,24,44,46,52,54,60,62,67-70,72-79,81-83,85-89H,3-15,17,19-21,23,25-43,45,47-51,53,55-59,61,63-66H2,1-2H3,(H,80,84)/b18-16-,24-22-,46-44+,54-52+,62-60+. The fourth-order valence-electron chi connectivity index (χ4n) is 12.7. The van der Waals surface area contributed by atoms with Gasteiger partial charge in [-0.1, -0.05) is 319 Å². The lowest BCUT2D eigenvalue weighted by molar-refractivity contribution is -0.359. The summed E-state index contributed by atoms with van der Waals surface area (Å²) in [5, 5.41) is 87.6. The van der Waals surface area contributed by atoms with Gasteiger partial charge in [-0.15, -0.1) is 0 Å². The lowest BCUT2D eigenvalue weighted by Gasteiger charge is -2.46. The lowest BCUT2D eigenvalue weighted by atomic mass is 9.97. The summed E-state index contributed by atoms with van der Waals surface area (Å²) < 4.78 is 22.9. The average Bonchev–Trinajstić information content (AvgIpc) is 0.854. The van der Waals surface area contributed by atoms with Gasteiger partial charge in [-0.2, -0.15) is 0 Å². The molecule has 0 aromatic rings. The van der Waals surface area contributed by atoms with Crippen LogP contribution in [0.25, 0.3) is 0 Å². The van der Waals surface area contributed by atoms with E-state index in [0.29, 0.717) is 12.8 Å². The van der Waals surface area contributed by atoms with Gasteiger partial charge < -0.3 is 65.1 Å². The maximum absolute atomic E-state index is 13.4. The van der Waals surface area contributed by atoms with E-state index >= 15 is 0 Å². The zero-order chi connectivity index (χ0) is 67.3. The summed E-state index contributed by atoms with van der Waals surface area (Å²) in [4.78, 5) is 13.4. The van der Waals surface area contributed by atoms with Gasteiger partial charge in [0.1, 0.15) is 48.8 Å². The fourth-order valence-corrected chi connectivity index (χ4v) is 12.7. The third kappa shape index (κ3) is 46.6. The van der Waals surface area contributed by atoms with Crippen LogP contribution >= 0.6 is 0 Å². The predicted octanol–water partition coefficient (Wildman–Crippen LogP) is 17.2. The number of carbonyl (C=O) groups is 1. The molecule has 0 aromatic heterocycles. The van der Waals surface area contributed by atoms with Crippen LogP contribution in [0.2, 0.25) is 0 Å². The number of rotatable bonds is 65. The number of ether oxygens (including phenoxy) is 4. The number of allylic oxidation sites excluding steroid dienone is 9. The van der Waals surface area contributed by atoms with Gasteiger partial charge >= 0.3 is 0 Å². The lowest BCUT2D eigenvalue weighted by Crippen LogP contribution is -2.65. The molecule has 2 heterocycles. The first-order chi connectivity index (χ1) is 45.6. The molecule has 14 heteroatoms. The molecule has 2 aliphatic heterocycles. The summed E-state index contributed by atoms with van der Waals surface area (Å²) in [6.45, 7) is 2.81. The first kappa shape index (κ1) is 86.8. The largest absolute Gasteiger partial charge is 0.394 e. The van der Waals surface area contributed by atoms with Crippen LogP contribution in [0, 0.1) is 0 Å². The normalized spacial score (nSPS) is 22.9. The molecule has 0 aliphatic carbocycles. The van der Waals surface area contributed by atoms with E-state index in [4.69, 9.17) is 18.9 Å². The molecule has 0 bridgehead atoms. The van der Waals surface area contributed by atoms with Gasteiger partial charge in [-0.25, -0.2) is 0 Å². The van der Waals surface area contributed by atoms with Crippen LogP contribution in [-0.2, 0) is 23.7 Å². The van der Waals surface area contributed by atoms with Crippen molar-refractivity contribution in [2.24, 2.45) is 0 Å². The van der Waals surface area contributed by atoms with E-state index in [9.17, 15) is 45.6 Å². The molecule has 0 aromatic carbocycles. The minimum absolute atomic E-state index is 0.249. The van der Waals surface area contributed by atoms with E-state index in [1.807, 2.05) is 6.08 Å². The number of hydrogen-bond donors (Lipinski definition) is 9. The van der Waals surface area contributed by atoms with Crippen molar-refractivity contribution in [2.45, 2.75) is 415 Å². The monoisotopic (exact) mass is 1320 g/mol. The Labute approximate surface area is 568 Å². The Balaban J connectivity index is 1.66. The third-order valence-electron chi connectivity index (χ3n) is 18.9. The highest BCUT2D eigenvalue weighted by Crippen LogP contribution is 2.30. The molecule has 0 radical (unpaired) electrons. The highest BCUT2D eigenvalue weighted by molar-refractivity contribution is 5.76. The van der Waals surface area contributed by atoms with Gasteiger partial charge in [0.25, 0.3) is 0 Å². The molecule has 2 fully saturated rings. The maximum Gasteiger partial charge on any atom is 0.220 e. The van der Waals surface area contributed by atoms with E-state index in [1.165, 1.54) is 257 Å². The quantitative estimate of drug-likeness (QED) is 0.0204. The zero-order valence-corrected chi connectivity index (χ0v) is 59.5. The second-order valence-corrected chi connectivity index (χ2v) is 27.5. The summed E-state index contributed by atoms with van der Waals surface area (Å²) in [6.07, 6.45) is 68.7. The van der Waals surface area contributed by atoms with Crippen molar-refractivity contribution in [3.05, 3.63) is 60.8 Å². The number of nitrogens with one attached hydrogen (secondary N) is 1. The van der Waals surface area contributed by atoms with Crippen LogP contribution in [-0.4, -0.2) is 140 Å². The molecule has 0 spiro atoms. The summed E-state index contributed by atoms with van der Waals surface area (Å²) >= 11 is 0. The summed E-state index contributed by atoms with van der Waals surface area (Å²) in [5.74, 6) is -0.249. The van der Waals surface area contributed by atoms with Crippen LogP contribution in [0.5, 0.6) is 0 Å². The van der Waals surface area contributed by atoms with Crippen molar-refractivity contribution in [3.8, 4) is 0 Å². The van der Waals surface area contributed by atoms with Crippen LogP contribution in [0.4, 0.5) is 0 Å². The molecule has 0 saturated carbocycles. The van der Waals surface area contributed by atoms with Crippen molar-refractivity contribution >= 4 is 5.91 Å². The molecule has 12 atom stereocenters. The molecule has 12 unspecified atom stereocenters. The Hall–Kier alpha value is -2.31. The van der Waals surface area contributed by atoms with E-state index in [0.717, 1.165) is 51.4 Å². The van der Waals surface area contributed by atoms with Crippen molar-refractivity contribution < 1.29 is 64.6 Å². The Morgan fingerprint density at radius 3 is 1.12 bits per heavy atom. The molecule has 14 nitrogen and oxygen atoms in total. The molecular weight excluding hydrogens is 1170 g/mol. The number of unbranched alkanes of at least 4 members (excludes halogenated alkanes) is 44. The first-order valence-corrected chi connectivity index (χ1v) is 39.0. The van der Waals surface area contributed by atoms with Crippen LogP contribution in [0.3, 0.4) is 0 Å². The minimum Gasteiger partial charge on any atom is -0.394 e. The topological polar surface area (TPSA) is 228 Å². The van der Waals surface area contributed by atoms with Crippen LogP contribution < -0.4 is 5.32 Å². The van der Waals surface area contributed by atoms with Crippen molar-refractivity contribution in [1.29, 1.82) is 0 Å². The van der Waals surface area contributed by atoms with Gasteiger partial charge in [0.05, 0.1) is 32.0 Å². The second kappa shape index (κ2) is 63.2. The molecule has 544 valence electrons. The number of carbonyl (C=O) groups excluding carboxylic acids is 1. The van der Waals surface area contributed by atoms with Crippen LogP contribution in [0.15, 0.2) is 60.8 Å². The molecule has 9 N–H and O–H groups in total. The highest BCUT2D eigenvalue weighted by Gasteiger charge is 2.51. The Bertz CT molecular complexity index is 1790. The van der Waals surface area contributed by atoms with Gasteiger partial charge in [0, 0.05) is 6.42 Å². The smallest absolute Gasteiger partial charge is 0.220 e. The number of hydrogen-bond acceptors (Lipinski definition) is 13. The number of aliphatic hydroxyl groups is 8. The van der Waals surface area contributed by atoms with Crippen LogP contribution in [0.1, 0.15) is 341 Å². The highest BCUT2D eigenvalue weighted by atomic mass is 16.7. The maximum atomic E-state index is 13.4. The van der Waals surface area contributed by atoms with Crippen molar-refractivity contribution in [1.82, 2.24) is 5.32 Å². The third-order valence-corrected chi connectivity index (χ3v) is 18.9. The van der Waals surface area contributed by atoms with Crippen molar-refractivity contribution in [3.63, 3.8) is 0 Å². The Morgan fingerprint density at radius 2 is 0.720 bits per heavy atom. The van der Waals surface area contributed by atoms with E-state index < -0.39 is 86.8 Å². The number of aliphatic hydroxyl groups excluding tert-OH is 8. The van der Waals surface area contributed by atoms with E-state index in [-0.39, 0.29) is 18.9 Å². The fraction of sp³-hybridized carbons (Fsp3) is 0.861. The summed E-state index contributed by atoms with van der Waals surface area (Å²) in [5.41, 5.74) is 0. The number of amides is 1. The van der Waals surface area contributed by atoms with Gasteiger partial charge in [-0.05, 0) is 77.0 Å². The molecule has 2 aliphatic rings. The van der Waals surface area contributed by atoms with Crippen molar-refractivity contribution in [2.75, 3.05) is 19.8 Å². The van der Waals surface area contributed by atoms with Gasteiger partial charge in [0.2, 0.25) is 5.91 Å². The molecule has 93 heavy (non-hydrogen) atoms. The first-order valence-electron chi connectivity index (χ1n) is 39.0. The summed E-state index contributed by atoms with van der Waals surface area (Å²) in [7, 11) is 0. The van der Waals surface area contributed by atoms with E-state index in [1.54, 1.807) is 6.08 Å². The molecule has 1 amide bonds. The summed E-state index contributed by atoms with van der Waals surface area (Å²) in [6, 6.07) is -0.941. The second-order valence-electron chi connectivity index (χ2n) is 27.5. The Kier molecular flexibility index (Phi) is 58.9. The molecular formula is C79H145NO13.